The number of primary amides is 1. The summed E-state index contributed by atoms with van der Waals surface area (Å²) in [6.07, 6.45) is 1.72. The number of anilines is 1. The van der Waals surface area contributed by atoms with Crippen LogP contribution in [0, 0.1) is 6.92 Å². The molecule has 1 saturated heterocycles. The highest BCUT2D eigenvalue weighted by Gasteiger charge is 2.17. The number of hydrogen-bond acceptors (Lipinski definition) is 5. The van der Waals surface area contributed by atoms with E-state index in [1.165, 1.54) is 0 Å². The molecule has 0 unspecified atom stereocenters. The van der Waals surface area contributed by atoms with E-state index in [1.807, 2.05) is 24.9 Å². The van der Waals surface area contributed by atoms with Crippen LogP contribution in [0.5, 0.6) is 0 Å². The molecule has 0 atom stereocenters. The molecule has 1 amide bonds. The van der Waals surface area contributed by atoms with Crippen molar-refractivity contribution >= 4 is 11.7 Å². The van der Waals surface area contributed by atoms with E-state index in [-0.39, 0.29) is 0 Å². The minimum absolute atomic E-state index is 0.417. The molecule has 6 nitrogen and oxygen atoms in total. The van der Waals surface area contributed by atoms with Crippen LogP contribution in [0.25, 0.3) is 0 Å². The summed E-state index contributed by atoms with van der Waals surface area (Å²) in [5.74, 6) is 0.257. The van der Waals surface area contributed by atoms with Gasteiger partial charge in [-0.2, -0.15) is 0 Å². The first kappa shape index (κ1) is 14.7. The summed E-state index contributed by atoms with van der Waals surface area (Å²) in [5.41, 5.74) is 6.86. The molecule has 1 fully saturated rings. The van der Waals surface area contributed by atoms with Crippen LogP contribution < -0.4 is 16.0 Å². The lowest BCUT2D eigenvalue weighted by molar-refractivity contribution is 0.1000. The van der Waals surface area contributed by atoms with Gasteiger partial charge < -0.3 is 16.0 Å². The minimum Gasteiger partial charge on any atom is -0.365 e. The number of amides is 1. The van der Waals surface area contributed by atoms with Crippen molar-refractivity contribution in [2.24, 2.45) is 5.73 Å². The van der Waals surface area contributed by atoms with Gasteiger partial charge in [0.2, 0.25) is 0 Å². The zero-order valence-electron chi connectivity index (χ0n) is 12.2. The molecule has 0 spiro atoms. The fourth-order valence-electron chi connectivity index (χ4n) is 2.47. The SMILES string of the molecule is Cc1ccnc(N(C)CCN2CCNCC2)c1C(N)=O. The molecule has 3 N–H and O–H groups in total. The van der Waals surface area contributed by atoms with E-state index in [4.69, 9.17) is 5.73 Å². The van der Waals surface area contributed by atoms with Crippen molar-refractivity contribution in [2.75, 3.05) is 51.2 Å². The van der Waals surface area contributed by atoms with Crippen LogP contribution in [-0.4, -0.2) is 62.1 Å². The second kappa shape index (κ2) is 6.67. The maximum Gasteiger partial charge on any atom is 0.252 e. The Morgan fingerprint density at radius 1 is 1.50 bits per heavy atom. The maximum atomic E-state index is 11.6. The van der Waals surface area contributed by atoms with Crippen molar-refractivity contribution < 1.29 is 4.79 Å². The van der Waals surface area contributed by atoms with Crippen molar-refractivity contribution in [1.82, 2.24) is 15.2 Å². The zero-order valence-corrected chi connectivity index (χ0v) is 12.2. The van der Waals surface area contributed by atoms with Gasteiger partial charge >= 0.3 is 0 Å². The number of hydrogen-bond donors (Lipinski definition) is 2. The summed E-state index contributed by atoms with van der Waals surface area (Å²) in [5, 5.41) is 3.34. The second-order valence-corrected chi connectivity index (χ2v) is 5.20. The Hall–Kier alpha value is -1.66. The molecule has 1 aromatic heterocycles. The standard InChI is InChI=1S/C14H23N5O/c1-11-3-4-17-14(12(11)13(15)20)18(2)9-10-19-7-5-16-6-8-19/h3-4,16H,5-10H2,1-2H3,(H2,15,20). The molecule has 0 aromatic carbocycles. The number of likely N-dealkylation sites (N-methyl/N-ethyl adjacent to an activating group) is 1. The third kappa shape index (κ3) is 3.46. The smallest absolute Gasteiger partial charge is 0.252 e. The number of rotatable bonds is 5. The van der Waals surface area contributed by atoms with Crippen LogP contribution in [0.2, 0.25) is 0 Å². The number of piperazine rings is 1. The Bertz CT molecular complexity index is 471. The number of aryl methyl sites for hydroxylation is 1. The summed E-state index contributed by atoms with van der Waals surface area (Å²) in [6, 6.07) is 1.81. The average molecular weight is 277 g/mol. The molecule has 1 aliphatic rings. The normalized spacial score (nSPS) is 16.1. The summed E-state index contributed by atoms with van der Waals surface area (Å²) in [4.78, 5) is 20.3. The lowest BCUT2D eigenvalue weighted by Crippen LogP contribution is -2.46. The number of nitrogens with one attached hydrogen (secondary N) is 1. The Morgan fingerprint density at radius 2 is 2.20 bits per heavy atom. The molecule has 110 valence electrons. The van der Waals surface area contributed by atoms with Gasteiger partial charge in [0, 0.05) is 52.5 Å². The molecule has 0 aliphatic carbocycles. The summed E-state index contributed by atoms with van der Waals surface area (Å²) in [6.45, 7) is 7.89. The van der Waals surface area contributed by atoms with Gasteiger partial charge in [-0.05, 0) is 18.6 Å². The maximum absolute atomic E-state index is 11.6. The molecular formula is C14H23N5O. The number of nitrogens with two attached hydrogens (primary N) is 1. The van der Waals surface area contributed by atoms with Gasteiger partial charge in [-0.25, -0.2) is 4.98 Å². The lowest BCUT2D eigenvalue weighted by atomic mass is 10.1. The summed E-state index contributed by atoms with van der Waals surface area (Å²) < 4.78 is 0. The van der Waals surface area contributed by atoms with Gasteiger partial charge in [0.15, 0.2) is 0 Å². The first-order valence-corrected chi connectivity index (χ1v) is 6.99. The minimum atomic E-state index is -0.417. The highest BCUT2D eigenvalue weighted by atomic mass is 16.1. The molecule has 20 heavy (non-hydrogen) atoms. The van der Waals surface area contributed by atoms with Crippen molar-refractivity contribution in [3.63, 3.8) is 0 Å². The van der Waals surface area contributed by atoms with Crippen LogP contribution in [0.4, 0.5) is 5.82 Å². The first-order chi connectivity index (χ1) is 9.59. The van der Waals surface area contributed by atoms with Crippen LogP contribution in [-0.2, 0) is 0 Å². The monoisotopic (exact) mass is 277 g/mol. The number of carbonyl (C=O) groups is 1. The van der Waals surface area contributed by atoms with Crippen LogP contribution >= 0.6 is 0 Å². The zero-order chi connectivity index (χ0) is 14.5. The predicted octanol–water partition coefficient (Wildman–Crippen LogP) is -0.170. The Kier molecular flexibility index (Phi) is 4.92. The quantitative estimate of drug-likeness (QED) is 0.781. The number of pyridine rings is 1. The van der Waals surface area contributed by atoms with E-state index in [0.717, 1.165) is 44.8 Å². The van der Waals surface area contributed by atoms with E-state index >= 15 is 0 Å². The van der Waals surface area contributed by atoms with E-state index < -0.39 is 5.91 Å². The number of carbonyl (C=O) groups excluding carboxylic acids is 1. The van der Waals surface area contributed by atoms with E-state index in [9.17, 15) is 4.79 Å². The average Bonchev–Trinajstić information content (AvgIpc) is 2.45. The number of aromatic nitrogens is 1. The third-order valence-corrected chi connectivity index (χ3v) is 3.71. The summed E-state index contributed by atoms with van der Waals surface area (Å²) in [7, 11) is 1.95. The van der Waals surface area contributed by atoms with Crippen LogP contribution in [0.3, 0.4) is 0 Å². The molecule has 0 saturated carbocycles. The summed E-state index contributed by atoms with van der Waals surface area (Å²) >= 11 is 0. The molecule has 2 heterocycles. The largest absolute Gasteiger partial charge is 0.365 e. The Balaban J connectivity index is 2.03. The van der Waals surface area contributed by atoms with Gasteiger partial charge in [0.1, 0.15) is 5.82 Å². The molecule has 0 radical (unpaired) electrons. The van der Waals surface area contributed by atoms with Gasteiger partial charge in [-0.15, -0.1) is 0 Å². The van der Waals surface area contributed by atoms with Crippen LogP contribution in [0.1, 0.15) is 15.9 Å². The van der Waals surface area contributed by atoms with E-state index in [1.54, 1.807) is 6.20 Å². The van der Waals surface area contributed by atoms with Crippen molar-refractivity contribution in [1.29, 1.82) is 0 Å². The van der Waals surface area contributed by atoms with Gasteiger partial charge in [0.05, 0.1) is 5.56 Å². The van der Waals surface area contributed by atoms with Gasteiger partial charge in [0.25, 0.3) is 5.91 Å². The van der Waals surface area contributed by atoms with E-state index in [0.29, 0.717) is 11.4 Å². The highest BCUT2D eigenvalue weighted by Crippen LogP contribution is 2.19. The molecule has 6 heteroatoms. The highest BCUT2D eigenvalue weighted by molar-refractivity contribution is 5.99. The van der Waals surface area contributed by atoms with Gasteiger partial charge in [-0.3, -0.25) is 9.69 Å². The molecule has 1 aromatic rings. The third-order valence-electron chi connectivity index (χ3n) is 3.71. The molecule has 1 aliphatic heterocycles. The fourth-order valence-corrected chi connectivity index (χ4v) is 2.47. The van der Waals surface area contributed by atoms with Crippen molar-refractivity contribution in [3.8, 4) is 0 Å². The lowest BCUT2D eigenvalue weighted by Gasteiger charge is -2.29. The topological polar surface area (TPSA) is 74.5 Å². The number of nitrogens with zero attached hydrogens (tertiary/aromatic N) is 3. The first-order valence-electron chi connectivity index (χ1n) is 6.99. The van der Waals surface area contributed by atoms with Crippen molar-refractivity contribution in [3.05, 3.63) is 23.4 Å². The van der Waals surface area contributed by atoms with Crippen molar-refractivity contribution in [2.45, 2.75) is 6.92 Å². The van der Waals surface area contributed by atoms with Crippen LogP contribution in [0.15, 0.2) is 12.3 Å². The fraction of sp³-hybridized carbons (Fsp3) is 0.571. The Morgan fingerprint density at radius 3 is 2.85 bits per heavy atom. The molecule has 2 rings (SSSR count). The predicted molar refractivity (Wildman–Crippen MR) is 80.1 cm³/mol. The van der Waals surface area contributed by atoms with Gasteiger partial charge in [-0.1, -0.05) is 0 Å². The Labute approximate surface area is 120 Å². The second-order valence-electron chi connectivity index (χ2n) is 5.20. The molecule has 0 bridgehead atoms. The molecular weight excluding hydrogens is 254 g/mol. The van der Waals surface area contributed by atoms with E-state index in [2.05, 4.69) is 15.2 Å².